The number of aromatic amines is 1. The largest absolute Gasteiger partial charge is 0.454 e. The van der Waals surface area contributed by atoms with Crippen LogP contribution in [0.2, 0.25) is 0 Å². The summed E-state index contributed by atoms with van der Waals surface area (Å²) in [6, 6.07) is 3.51. The number of nitrogens with zero attached hydrogens (tertiary/aromatic N) is 4. The van der Waals surface area contributed by atoms with Crippen LogP contribution in [-0.2, 0) is 20.6 Å². The van der Waals surface area contributed by atoms with Crippen LogP contribution in [0.15, 0.2) is 32.7 Å². The molecule has 0 spiro atoms. The maximum Gasteiger partial charge on any atom is 0.332 e. The van der Waals surface area contributed by atoms with Crippen LogP contribution in [0.5, 0.6) is 11.5 Å². The Hall–Kier alpha value is -3.82. The van der Waals surface area contributed by atoms with Crippen molar-refractivity contribution in [1.29, 1.82) is 0 Å². The van der Waals surface area contributed by atoms with E-state index in [4.69, 9.17) is 9.47 Å². The molecule has 0 radical (unpaired) electrons. The zero-order valence-corrected chi connectivity index (χ0v) is 19.1. The summed E-state index contributed by atoms with van der Waals surface area (Å²) in [4.78, 5) is 46.2. The average molecular weight is 451 g/mol. The fourth-order valence-corrected chi connectivity index (χ4v) is 4.36. The van der Waals surface area contributed by atoms with Gasteiger partial charge in [0, 0.05) is 32.8 Å². The number of aromatic nitrogens is 5. The molecule has 10 heteroatoms. The summed E-state index contributed by atoms with van der Waals surface area (Å²) >= 11 is 0. The van der Waals surface area contributed by atoms with Gasteiger partial charge in [-0.3, -0.25) is 18.7 Å². The first-order valence-corrected chi connectivity index (χ1v) is 10.8. The molecule has 1 N–H and O–H groups in total. The van der Waals surface area contributed by atoms with Crippen molar-refractivity contribution in [2.75, 3.05) is 6.79 Å². The Bertz CT molecular complexity index is 1600. The number of fused-ring (bicyclic) bond motifs is 3. The fraction of sp³-hybridized carbons (Fsp3) is 0.391. The van der Waals surface area contributed by atoms with Gasteiger partial charge in [-0.05, 0) is 29.0 Å². The van der Waals surface area contributed by atoms with Crippen molar-refractivity contribution in [3.63, 3.8) is 0 Å². The highest BCUT2D eigenvalue weighted by Crippen LogP contribution is 2.38. The van der Waals surface area contributed by atoms with E-state index in [1.807, 2.05) is 20.8 Å². The molecule has 3 aromatic heterocycles. The molecule has 1 atom stereocenters. The lowest BCUT2D eigenvalue weighted by atomic mass is 9.96. The normalized spacial score (nSPS) is 14.0. The summed E-state index contributed by atoms with van der Waals surface area (Å²) in [5.41, 5.74) is 0.487. The van der Waals surface area contributed by atoms with E-state index in [0.29, 0.717) is 34.9 Å². The topological polar surface area (TPSA) is 113 Å². The van der Waals surface area contributed by atoms with Gasteiger partial charge >= 0.3 is 5.69 Å². The third kappa shape index (κ3) is 3.16. The number of H-pyrrole nitrogens is 1. The smallest absolute Gasteiger partial charge is 0.332 e. The van der Waals surface area contributed by atoms with E-state index >= 15 is 0 Å². The molecule has 172 valence electrons. The van der Waals surface area contributed by atoms with Crippen molar-refractivity contribution in [2.24, 2.45) is 20.0 Å². The Morgan fingerprint density at radius 3 is 2.36 bits per heavy atom. The van der Waals surface area contributed by atoms with E-state index < -0.39 is 11.2 Å². The number of imidazole rings is 1. The molecule has 5 rings (SSSR count). The van der Waals surface area contributed by atoms with Gasteiger partial charge in [0.2, 0.25) is 6.79 Å². The number of aryl methyl sites for hydroxylation is 1. The molecule has 0 fully saturated rings. The van der Waals surface area contributed by atoms with E-state index in [1.54, 1.807) is 25.4 Å². The van der Waals surface area contributed by atoms with Crippen molar-refractivity contribution < 1.29 is 9.47 Å². The Balaban J connectivity index is 1.75. The molecule has 1 unspecified atom stereocenters. The summed E-state index contributed by atoms with van der Waals surface area (Å²) in [5, 5.41) is 1.23. The molecule has 0 saturated heterocycles. The molecule has 4 heterocycles. The van der Waals surface area contributed by atoms with Crippen molar-refractivity contribution in [2.45, 2.75) is 33.2 Å². The third-order valence-corrected chi connectivity index (χ3v) is 6.13. The second-order valence-corrected chi connectivity index (χ2v) is 8.95. The fourth-order valence-electron chi connectivity index (χ4n) is 4.36. The third-order valence-electron chi connectivity index (χ3n) is 6.13. The summed E-state index contributed by atoms with van der Waals surface area (Å²) < 4.78 is 15.1. The Morgan fingerprint density at radius 2 is 1.70 bits per heavy atom. The minimum absolute atomic E-state index is 0.108. The molecule has 4 aromatic rings. The molecule has 0 amide bonds. The van der Waals surface area contributed by atoms with Crippen molar-refractivity contribution in [3.05, 3.63) is 60.9 Å². The van der Waals surface area contributed by atoms with Gasteiger partial charge in [0.15, 0.2) is 17.1 Å². The molecule has 1 aliphatic rings. The van der Waals surface area contributed by atoms with Crippen LogP contribution in [-0.4, -0.2) is 30.5 Å². The Labute approximate surface area is 188 Å². The summed E-state index contributed by atoms with van der Waals surface area (Å²) in [6.45, 7) is 6.49. The van der Waals surface area contributed by atoms with Crippen LogP contribution in [0.4, 0.5) is 0 Å². The van der Waals surface area contributed by atoms with Crippen LogP contribution in [0.3, 0.4) is 0 Å². The van der Waals surface area contributed by atoms with Crippen molar-refractivity contribution in [3.8, 4) is 11.5 Å². The van der Waals surface area contributed by atoms with Gasteiger partial charge < -0.3 is 19.0 Å². The number of hydrogen-bond acceptors (Lipinski definition) is 6. The average Bonchev–Trinajstić information content (AvgIpc) is 3.43. The predicted octanol–water partition coefficient (Wildman–Crippen LogP) is 1.81. The first kappa shape index (κ1) is 21.0. The second-order valence-electron chi connectivity index (χ2n) is 8.95. The van der Waals surface area contributed by atoms with E-state index in [2.05, 4.69) is 9.97 Å². The van der Waals surface area contributed by atoms with Crippen LogP contribution in [0.1, 0.15) is 38.1 Å². The monoisotopic (exact) mass is 451 g/mol. The Kier molecular flexibility index (Phi) is 4.70. The van der Waals surface area contributed by atoms with Gasteiger partial charge in [-0.1, -0.05) is 20.8 Å². The molecule has 0 aliphatic carbocycles. The highest BCUT2D eigenvalue weighted by Gasteiger charge is 2.24. The van der Waals surface area contributed by atoms with Gasteiger partial charge in [0.25, 0.3) is 11.1 Å². The number of ether oxygens (including phenoxy) is 2. The predicted molar refractivity (Wildman–Crippen MR) is 123 cm³/mol. The lowest BCUT2D eigenvalue weighted by Gasteiger charge is -2.15. The number of pyridine rings is 1. The first-order chi connectivity index (χ1) is 15.7. The molecular formula is C23H25N5O5. The molecule has 33 heavy (non-hydrogen) atoms. The van der Waals surface area contributed by atoms with E-state index in [1.165, 1.54) is 16.2 Å². The van der Waals surface area contributed by atoms with Crippen LogP contribution in [0, 0.1) is 5.92 Å². The van der Waals surface area contributed by atoms with Crippen molar-refractivity contribution in [1.82, 2.24) is 23.7 Å². The van der Waals surface area contributed by atoms with Crippen LogP contribution in [0.25, 0.3) is 21.9 Å². The summed E-state index contributed by atoms with van der Waals surface area (Å²) in [7, 11) is 3.16. The first-order valence-electron chi connectivity index (χ1n) is 10.8. The van der Waals surface area contributed by atoms with Crippen molar-refractivity contribution >= 4 is 21.9 Å². The lowest BCUT2D eigenvalue weighted by molar-refractivity contribution is 0.174. The SMILES string of the molecule is CC(C)Cn1c(=O)n(C)c(=O)c2[nH]c(C(C)c3cn(C)c(=O)c4cc5c(cc34)OCO5)nc21. The molecule has 0 saturated carbocycles. The molecule has 0 bridgehead atoms. The lowest BCUT2D eigenvalue weighted by Crippen LogP contribution is -2.38. The number of hydrogen-bond donors (Lipinski definition) is 1. The van der Waals surface area contributed by atoms with Gasteiger partial charge in [-0.25, -0.2) is 9.78 Å². The maximum atomic E-state index is 12.8. The maximum absolute atomic E-state index is 12.8. The van der Waals surface area contributed by atoms with E-state index in [0.717, 1.165) is 15.5 Å². The number of nitrogens with one attached hydrogen (secondary N) is 1. The molecule has 1 aromatic carbocycles. The minimum Gasteiger partial charge on any atom is -0.454 e. The summed E-state index contributed by atoms with van der Waals surface area (Å²) in [6.07, 6.45) is 1.77. The quantitative estimate of drug-likeness (QED) is 0.506. The zero-order chi connectivity index (χ0) is 23.6. The number of rotatable bonds is 4. The molecular weight excluding hydrogens is 426 g/mol. The van der Waals surface area contributed by atoms with E-state index in [9.17, 15) is 14.4 Å². The van der Waals surface area contributed by atoms with Gasteiger partial charge in [0.05, 0.1) is 5.39 Å². The van der Waals surface area contributed by atoms with Crippen LogP contribution < -0.4 is 26.3 Å². The van der Waals surface area contributed by atoms with Gasteiger partial charge in [-0.2, -0.15) is 0 Å². The minimum atomic E-state index is -0.422. The standard InChI is InChI=1S/C23H25N5O5/c1-11(2)8-28-20-18(22(30)27(5)23(28)31)24-19(25-20)12(3)15-9-26(4)21(29)14-7-17-16(6-13(14)15)32-10-33-17/h6-7,9,11-12H,8,10H2,1-5H3,(H,24,25). The van der Waals surface area contributed by atoms with Gasteiger partial charge in [0.1, 0.15) is 11.3 Å². The molecule has 1 aliphatic heterocycles. The highest BCUT2D eigenvalue weighted by molar-refractivity contribution is 5.89. The summed E-state index contributed by atoms with van der Waals surface area (Å²) in [5.74, 6) is 1.53. The highest BCUT2D eigenvalue weighted by atomic mass is 16.7. The van der Waals surface area contributed by atoms with Gasteiger partial charge in [-0.15, -0.1) is 0 Å². The molecule has 10 nitrogen and oxygen atoms in total. The van der Waals surface area contributed by atoms with E-state index in [-0.39, 0.29) is 29.7 Å². The number of benzene rings is 1. The van der Waals surface area contributed by atoms with Crippen LogP contribution >= 0.6 is 0 Å². The zero-order valence-electron chi connectivity index (χ0n) is 19.1. The Morgan fingerprint density at radius 1 is 1.03 bits per heavy atom. The second kappa shape index (κ2) is 7.36.